The molecular weight excluding hydrogens is 1060 g/mol. The Labute approximate surface area is 453 Å². The first-order valence-corrected chi connectivity index (χ1v) is 22.2. The van der Waals surface area contributed by atoms with Crippen molar-refractivity contribution >= 4 is 70.2 Å². The molecule has 0 fully saturated rings. The number of anilines is 3. The van der Waals surface area contributed by atoms with Crippen molar-refractivity contribution in [1.82, 2.24) is 0 Å². The quantitative estimate of drug-likeness (QED) is 0.0141. The zero-order valence-electron chi connectivity index (χ0n) is 43.7. The van der Waals surface area contributed by atoms with Crippen LogP contribution in [0.25, 0.3) is 5.43 Å². The third kappa shape index (κ3) is 22.5. The minimum absolute atomic E-state index is 0.0516. The molecular formula is C49H55N10O21-. The predicted octanol–water partition coefficient (Wildman–Crippen LogP) is 5.12. The molecule has 0 saturated carbocycles. The summed E-state index contributed by atoms with van der Waals surface area (Å²) in [6.45, 7) is -1.20. The zero-order valence-corrected chi connectivity index (χ0v) is 43.7. The van der Waals surface area contributed by atoms with Gasteiger partial charge in [0.15, 0.2) is 0 Å². The number of nitrogens with two attached hydrogens (primary N) is 1. The molecule has 0 heterocycles. The van der Waals surface area contributed by atoms with Gasteiger partial charge in [0.05, 0.1) is 105 Å². The summed E-state index contributed by atoms with van der Waals surface area (Å²) in [5.41, 5.74) is 18.8. The summed E-state index contributed by atoms with van der Waals surface area (Å²) in [5.74, 6) is -4.71. The molecule has 428 valence electrons. The molecule has 5 rings (SSSR count). The van der Waals surface area contributed by atoms with Crippen LogP contribution in [0.2, 0.25) is 0 Å². The Morgan fingerprint density at radius 3 is 1.36 bits per heavy atom. The largest absolute Gasteiger partial charge is 0.478 e. The third-order valence-corrected chi connectivity index (χ3v) is 9.79. The SMILES string of the molecule is CNc1cc(CO)cc(C(=O)OC)c1.COC(=O)c1cc(C(=O)O)cc([N+](=O)[O-])c1.COC(=O)c1cc(CO)cc(N(C)C(=O)C[N-]N=NN=N)c1.COC(=O)c1cc(CO)cc([N+](=O)[O-])c1.COC(=O)c1cc(N)cc(CO)c1. The topological polar surface area (TPSA) is 469 Å². The number of hydrogen-bond donors (Lipinski definition) is 8. The van der Waals surface area contributed by atoms with Crippen LogP contribution in [0.15, 0.2) is 107 Å². The highest BCUT2D eigenvalue weighted by Crippen LogP contribution is 2.22. The van der Waals surface area contributed by atoms with E-state index in [1.54, 1.807) is 43.4 Å². The second-order valence-electron chi connectivity index (χ2n) is 15.1. The number of ether oxygens (including phenoxy) is 5. The van der Waals surface area contributed by atoms with Crippen LogP contribution in [-0.2, 0) is 54.9 Å². The lowest BCUT2D eigenvalue weighted by Crippen LogP contribution is -2.28. The highest BCUT2D eigenvalue weighted by Gasteiger charge is 2.19. The normalized spacial score (nSPS) is 9.84. The van der Waals surface area contributed by atoms with Crippen LogP contribution in [0.3, 0.4) is 0 Å². The van der Waals surface area contributed by atoms with Crippen LogP contribution in [-0.4, -0.2) is 133 Å². The molecule has 0 aromatic heterocycles. The third-order valence-electron chi connectivity index (χ3n) is 9.79. The number of nitro benzene ring substituents is 2. The van der Waals surface area contributed by atoms with Gasteiger partial charge >= 0.3 is 35.8 Å². The molecule has 0 bridgehead atoms. The molecule has 0 aliphatic rings. The van der Waals surface area contributed by atoms with Crippen molar-refractivity contribution in [2.75, 3.05) is 72.1 Å². The van der Waals surface area contributed by atoms with Gasteiger partial charge in [0, 0.05) is 62.0 Å². The molecule has 31 nitrogen and oxygen atoms in total. The van der Waals surface area contributed by atoms with E-state index in [0.29, 0.717) is 44.8 Å². The summed E-state index contributed by atoms with van der Waals surface area (Å²) in [7, 11) is 9.38. The van der Waals surface area contributed by atoms with Crippen molar-refractivity contribution in [1.29, 1.82) is 5.53 Å². The van der Waals surface area contributed by atoms with Crippen LogP contribution < -0.4 is 16.0 Å². The molecule has 0 aliphatic carbocycles. The van der Waals surface area contributed by atoms with E-state index in [-0.39, 0.29) is 60.9 Å². The number of carboxylic acid groups (broad SMARTS) is 1. The number of esters is 5. The van der Waals surface area contributed by atoms with Crippen LogP contribution in [0, 0.1) is 25.8 Å². The first kappa shape index (κ1) is 67.6. The summed E-state index contributed by atoms with van der Waals surface area (Å²) in [5, 5.41) is 77.1. The van der Waals surface area contributed by atoms with Gasteiger partial charge in [-0.3, -0.25) is 30.2 Å². The predicted molar refractivity (Wildman–Crippen MR) is 278 cm³/mol. The van der Waals surface area contributed by atoms with E-state index in [4.69, 9.17) is 31.7 Å². The number of carbonyl (C=O) groups excluding carboxylic acids is 6. The fourth-order valence-electron chi connectivity index (χ4n) is 5.98. The molecule has 31 heteroatoms. The highest BCUT2D eigenvalue weighted by molar-refractivity contribution is 5.98. The van der Waals surface area contributed by atoms with Gasteiger partial charge in [-0.15, -0.1) is 5.22 Å². The van der Waals surface area contributed by atoms with Gasteiger partial charge in [-0.25, -0.2) is 39.5 Å². The van der Waals surface area contributed by atoms with E-state index in [1.807, 2.05) is 0 Å². The van der Waals surface area contributed by atoms with Crippen LogP contribution >= 0.6 is 0 Å². The Balaban J connectivity index is 0.000000506. The molecule has 0 saturated heterocycles. The second-order valence-corrected chi connectivity index (χ2v) is 15.1. The maximum Gasteiger partial charge on any atom is 0.338 e. The van der Waals surface area contributed by atoms with E-state index in [9.17, 15) is 58.9 Å². The van der Waals surface area contributed by atoms with E-state index in [2.05, 4.69) is 50.1 Å². The maximum absolute atomic E-state index is 11.9. The van der Waals surface area contributed by atoms with E-state index in [1.165, 1.54) is 70.7 Å². The van der Waals surface area contributed by atoms with Gasteiger partial charge < -0.3 is 70.6 Å². The summed E-state index contributed by atoms with van der Waals surface area (Å²) >= 11 is 0. The number of benzene rings is 5. The first-order valence-electron chi connectivity index (χ1n) is 22.2. The summed E-state index contributed by atoms with van der Waals surface area (Å²) in [4.78, 5) is 99.6. The van der Waals surface area contributed by atoms with Gasteiger partial charge in [0.1, 0.15) is 0 Å². The van der Waals surface area contributed by atoms with Crippen molar-refractivity contribution in [3.63, 3.8) is 0 Å². The number of methoxy groups -OCH3 is 5. The molecule has 0 radical (unpaired) electrons. The lowest BCUT2D eigenvalue weighted by atomic mass is 10.1. The summed E-state index contributed by atoms with van der Waals surface area (Å²) < 4.78 is 22.5. The fraction of sp³-hybridized carbons (Fsp3) is 0.245. The number of likely N-dealkylation sites (N-methyl/N-ethyl adjacent to an activating group) is 1. The maximum atomic E-state index is 11.9. The fourth-order valence-corrected chi connectivity index (χ4v) is 5.98. The number of nitrogens with one attached hydrogen (secondary N) is 2. The smallest absolute Gasteiger partial charge is 0.338 e. The molecule has 5 aromatic carbocycles. The number of aliphatic hydroxyl groups excluding tert-OH is 4. The molecule has 9 N–H and O–H groups in total. The number of nitrogens with zero attached hydrogens (tertiary/aromatic N) is 7. The molecule has 5 aromatic rings. The van der Waals surface area contributed by atoms with E-state index >= 15 is 0 Å². The summed E-state index contributed by atoms with van der Waals surface area (Å²) in [6.07, 6.45) is 0. The molecule has 0 aliphatic heterocycles. The Bertz CT molecular complexity index is 2990. The number of hydrogen-bond acceptors (Lipinski definition) is 24. The number of amides is 1. The average molecular weight is 1120 g/mol. The summed E-state index contributed by atoms with van der Waals surface area (Å²) in [6, 6.07) is 20.7. The van der Waals surface area contributed by atoms with Gasteiger partial charge in [0.2, 0.25) is 5.91 Å². The Kier molecular flexibility index (Phi) is 29.6. The van der Waals surface area contributed by atoms with Gasteiger partial charge in [-0.05, 0) is 89.0 Å². The van der Waals surface area contributed by atoms with Crippen LogP contribution in [0.5, 0.6) is 0 Å². The monoisotopic (exact) mass is 1120 g/mol. The molecule has 0 spiro atoms. The molecule has 80 heavy (non-hydrogen) atoms. The molecule has 0 unspecified atom stereocenters. The number of rotatable bonds is 18. The minimum atomic E-state index is -1.35. The standard InChI is InChI=1S/C12H15N6O4.C10H13NO3.C9H7NO6.C9H9NO5.C9H11NO3/c1-18(11(20)6-14-16-17-15-13)10-4-8(7-19)3-9(5-10)12(21)22-2;1-11-9-4-7(6-12)3-8(5-9)10(13)14-2;1-16-9(13)6-2-5(8(11)12)3-7(4-6)10(14)15;1-15-9(12)7-2-6(5-11)3-8(4-7)10(13)14;1-13-9(12)7-2-6(5-11)3-8(10)4-7/h3-5,19H,6-7H2,1-2H3,(H-,13,14,17);3-5,11-12H,6H2,1-2H3;2-4H,1H3,(H,11,12);2-4,11H,5H2,1H3;2-4,11H,5,10H2,1H3/q-1;;;;. The molecule has 1 amide bonds. The van der Waals surface area contributed by atoms with Gasteiger partial charge in [-0.1, -0.05) is 0 Å². The van der Waals surface area contributed by atoms with Gasteiger partial charge in [-0.2, -0.15) is 0 Å². The lowest BCUT2D eigenvalue weighted by Gasteiger charge is -2.20. The lowest BCUT2D eigenvalue weighted by molar-refractivity contribution is -0.385. The number of carbonyl (C=O) groups is 7. The number of aromatic carboxylic acids is 1. The van der Waals surface area contributed by atoms with Gasteiger partial charge in [0.25, 0.3) is 11.4 Å². The zero-order chi connectivity index (χ0) is 60.6. The highest BCUT2D eigenvalue weighted by atomic mass is 16.6. The van der Waals surface area contributed by atoms with Crippen molar-refractivity contribution in [2.45, 2.75) is 26.4 Å². The average Bonchev–Trinajstić information content (AvgIpc) is 3.48. The first-order chi connectivity index (χ1) is 37.9. The van der Waals surface area contributed by atoms with Crippen molar-refractivity contribution in [2.24, 2.45) is 15.7 Å². The van der Waals surface area contributed by atoms with Crippen molar-refractivity contribution in [3.05, 3.63) is 172 Å². The number of aliphatic hydroxyl groups is 4. The van der Waals surface area contributed by atoms with E-state index in [0.717, 1.165) is 37.1 Å². The Morgan fingerprint density at radius 1 is 0.575 bits per heavy atom. The number of nitrogen functional groups attached to an aromatic ring is 1. The van der Waals surface area contributed by atoms with E-state index < -0.39 is 57.3 Å². The Hall–Kier alpha value is -10.4. The number of non-ortho nitro benzene ring substituents is 2. The van der Waals surface area contributed by atoms with Crippen molar-refractivity contribution in [3.8, 4) is 0 Å². The van der Waals surface area contributed by atoms with Crippen LogP contribution in [0.1, 0.15) is 84.4 Å². The minimum Gasteiger partial charge on any atom is -0.478 e. The van der Waals surface area contributed by atoms with Crippen LogP contribution in [0.4, 0.5) is 28.4 Å². The Morgan fingerprint density at radius 2 is 0.950 bits per heavy atom. The number of carboxylic acids is 1. The second kappa shape index (κ2) is 35.1. The number of nitro groups is 2. The molecule has 0 atom stereocenters. The van der Waals surface area contributed by atoms with Crippen molar-refractivity contribution < 1.29 is 92.6 Å².